The summed E-state index contributed by atoms with van der Waals surface area (Å²) in [6, 6.07) is 7.24. The summed E-state index contributed by atoms with van der Waals surface area (Å²) in [6.07, 6.45) is 1.22. The molecule has 110 valence electrons. The number of hydrogen-bond acceptors (Lipinski definition) is 4. The van der Waals surface area contributed by atoms with Gasteiger partial charge in [-0.15, -0.1) is 0 Å². The van der Waals surface area contributed by atoms with Crippen LogP contribution >= 0.6 is 31.9 Å². The molecule has 1 aromatic carbocycles. The third-order valence-electron chi connectivity index (χ3n) is 2.41. The Kier molecular flexibility index (Phi) is 4.64. The van der Waals surface area contributed by atoms with Gasteiger partial charge in [0.2, 0.25) is 0 Å². The van der Waals surface area contributed by atoms with Crippen molar-refractivity contribution in [1.29, 1.82) is 0 Å². The minimum absolute atomic E-state index is 0.0329. The molecule has 0 atom stereocenters. The van der Waals surface area contributed by atoms with Crippen LogP contribution in [0, 0.1) is 0 Å². The average Bonchev–Trinajstić information content (AvgIpc) is 2.41. The molecule has 0 bridgehead atoms. The third-order valence-corrected chi connectivity index (χ3v) is 5.28. The van der Waals surface area contributed by atoms with E-state index in [9.17, 15) is 13.2 Å². The molecule has 0 radical (unpaired) electrons. The van der Waals surface area contributed by atoms with Crippen LogP contribution in [0.1, 0.15) is 10.5 Å². The highest BCUT2D eigenvalue weighted by Crippen LogP contribution is 2.27. The molecule has 2 N–H and O–H groups in total. The summed E-state index contributed by atoms with van der Waals surface area (Å²) in [7, 11) is -3.86. The van der Waals surface area contributed by atoms with E-state index in [0.29, 0.717) is 8.95 Å². The van der Waals surface area contributed by atoms with E-state index in [1.165, 1.54) is 18.3 Å². The third kappa shape index (κ3) is 3.80. The highest BCUT2D eigenvalue weighted by Gasteiger charge is 2.19. The van der Waals surface area contributed by atoms with Crippen molar-refractivity contribution < 1.29 is 18.3 Å². The number of carbonyl (C=O) groups is 1. The lowest BCUT2D eigenvalue weighted by atomic mass is 10.3. The SMILES string of the molecule is O=C(O)c1cc(NS(=O)(=O)c2cc(Br)ccc2Br)ccn1. The molecule has 0 aliphatic heterocycles. The van der Waals surface area contributed by atoms with E-state index in [1.54, 1.807) is 12.1 Å². The van der Waals surface area contributed by atoms with Gasteiger partial charge in [0.1, 0.15) is 10.6 Å². The summed E-state index contributed by atoms with van der Waals surface area (Å²) in [4.78, 5) is 14.5. The Labute approximate surface area is 137 Å². The minimum Gasteiger partial charge on any atom is -0.477 e. The average molecular weight is 436 g/mol. The van der Waals surface area contributed by atoms with E-state index in [0.717, 1.165) is 6.07 Å². The van der Waals surface area contributed by atoms with Gasteiger partial charge >= 0.3 is 5.97 Å². The predicted octanol–water partition coefficient (Wildman–Crippen LogP) is 3.11. The number of halogens is 2. The van der Waals surface area contributed by atoms with Crippen LogP contribution in [0.2, 0.25) is 0 Å². The van der Waals surface area contributed by atoms with Crippen LogP contribution < -0.4 is 4.72 Å². The molecule has 1 heterocycles. The van der Waals surface area contributed by atoms with Gasteiger partial charge in [0, 0.05) is 15.1 Å². The normalized spacial score (nSPS) is 11.1. The van der Waals surface area contributed by atoms with Crippen molar-refractivity contribution in [2.75, 3.05) is 4.72 Å². The monoisotopic (exact) mass is 434 g/mol. The first-order chi connectivity index (χ1) is 9.79. The summed E-state index contributed by atoms with van der Waals surface area (Å²) >= 11 is 6.37. The van der Waals surface area contributed by atoms with Gasteiger partial charge in [-0.25, -0.2) is 18.2 Å². The molecule has 0 unspecified atom stereocenters. The second kappa shape index (κ2) is 6.12. The lowest BCUT2D eigenvalue weighted by Gasteiger charge is -2.10. The number of carboxylic acid groups (broad SMARTS) is 1. The van der Waals surface area contributed by atoms with Crippen molar-refractivity contribution in [2.24, 2.45) is 0 Å². The molecule has 9 heteroatoms. The quantitative estimate of drug-likeness (QED) is 0.768. The molecule has 1 aromatic heterocycles. The van der Waals surface area contributed by atoms with E-state index >= 15 is 0 Å². The largest absolute Gasteiger partial charge is 0.477 e. The van der Waals surface area contributed by atoms with E-state index in [1.807, 2.05) is 0 Å². The van der Waals surface area contributed by atoms with Gasteiger partial charge in [0.25, 0.3) is 10.0 Å². The Hall–Kier alpha value is -1.45. The van der Waals surface area contributed by atoms with Crippen LogP contribution in [0.25, 0.3) is 0 Å². The number of pyridine rings is 1. The number of anilines is 1. The Bertz CT molecular complexity index is 809. The molecule has 0 fully saturated rings. The second-order valence-electron chi connectivity index (χ2n) is 3.92. The first-order valence-electron chi connectivity index (χ1n) is 5.47. The number of nitrogens with zero attached hydrogens (tertiary/aromatic N) is 1. The maximum atomic E-state index is 12.3. The van der Waals surface area contributed by atoms with E-state index in [4.69, 9.17) is 5.11 Å². The molecular formula is C12H8Br2N2O4S. The smallest absolute Gasteiger partial charge is 0.354 e. The maximum absolute atomic E-state index is 12.3. The van der Waals surface area contributed by atoms with Gasteiger partial charge in [-0.3, -0.25) is 4.72 Å². The molecule has 6 nitrogen and oxygen atoms in total. The lowest BCUT2D eigenvalue weighted by molar-refractivity contribution is 0.0690. The Morgan fingerprint density at radius 1 is 1.19 bits per heavy atom. The minimum atomic E-state index is -3.86. The van der Waals surface area contributed by atoms with Crippen molar-refractivity contribution in [2.45, 2.75) is 4.90 Å². The topological polar surface area (TPSA) is 96.4 Å². The van der Waals surface area contributed by atoms with Crippen LogP contribution in [-0.2, 0) is 10.0 Å². The van der Waals surface area contributed by atoms with Crippen LogP contribution in [0.3, 0.4) is 0 Å². The zero-order valence-corrected chi connectivity index (χ0v) is 14.2. The highest BCUT2D eigenvalue weighted by molar-refractivity contribution is 9.11. The Morgan fingerprint density at radius 3 is 2.57 bits per heavy atom. The van der Waals surface area contributed by atoms with Crippen molar-refractivity contribution in [1.82, 2.24) is 4.98 Å². The van der Waals surface area contributed by atoms with E-state index < -0.39 is 16.0 Å². The lowest BCUT2D eigenvalue weighted by Crippen LogP contribution is -2.14. The summed E-state index contributed by atoms with van der Waals surface area (Å²) in [6.45, 7) is 0. The first-order valence-corrected chi connectivity index (χ1v) is 8.54. The van der Waals surface area contributed by atoms with Crippen LogP contribution in [0.15, 0.2) is 50.4 Å². The summed E-state index contributed by atoms with van der Waals surface area (Å²) in [5.41, 5.74) is -0.127. The molecule has 2 aromatic rings. The maximum Gasteiger partial charge on any atom is 0.354 e. The molecule has 0 spiro atoms. The molecule has 2 rings (SSSR count). The number of nitrogens with one attached hydrogen (secondary N) is 1. The van der Waals surface area contributed by atoms with Crippen LogP contribution in [0.5, 0.6) is 0 Å². The van der Waals surface area contributed by atoms with Crippen LogP contribution in [0.4, 0.5) is 5.69 Å². The fourth-order valence-corrected chi connectivity index (χ4v) is 4.06. The number of carboxylic acids is 1. The molecule has 0 aliphatic rings. The van der Waals surface area contributed by atoms with Gasteiger partial charge < -0.3 is 5.11 Å². The number of rotatable bonds is 4. The molecule has 0 aliphatic carbocycles. The van der Waals surface area contributed by atoms with Gasteiger partial charge in [0.15, 0.2) is 0 Å². The Balaban J connectivity index is 2.40. The number of aromatic carboxylic acids is 1. The number of sulfonamides is 1. The predicted molar refractivity (Wildman–Crippen MR) is 83.8 cm³/mol. The van der Waals surface area contributed by atoms with Crippen molar-refractivity contribution in [3.63, 3.8) is 0 Å². The van der Waals surface area contributed by atoms with E-state index in [2.05, 4.69) is 41.6 Å². The standard InChI is InChI=1S/C12H8Br2N2O4S/c13-7-1-2-9(14)11(5-7)21(19,20)16-8-3-4-15-10(6-8)12(17)18/h1-6H,(H,15,16)(H,17,18). The molecule has 21 heavy (non-hydrogen) atoms. The summed E-state index contributed by atoms with van der Waals surface area (Å²) in [5.74, 6) is -1.24. The van der Waals surface area contributed by atoms with Gasteiger partial charge in [-0.05, 0) is 46.3 Å². The molecular weight excluding hydrogens is 428 g/mol. The van der Waals surface area contributed by atoms with Crippen molar-refractivity contribution >= 4 is 53.5 Å². The molecule has 0 saturated carbocycles. The fourth-order valence-electron chi connectivity index (χ4n) is 1.50. The molecule has 0 saturated heterocycles. The van der Waals surface area contributed by atoms with Gasteiger partial charge in [0.05, 0.1) is 5.69 Å². The zero-order valence-electron chi connectivity index (χ0n) is 10.2. The van der Waals surface area contributed by atoms with Crippen LogP contribution in [-0.4, -0.2) is 24.5 Å². The number of aromatic nitrogens is 1. The Morgan fingerprint density at radius 2 is 1.90 bits per heavy atom. The number of hydrogen-bond donors (Lipinski definition) is 2. The summed E-state index contributed by atoms with van der Waals surface area (Å²) < 4.78 is 28.0. The number of benzene rings is 1. The van der Waals surface area contributed by atoms with E-state index in [-0.39, 0.29) is 16.3 Å². The van der Waals surface area contributed by atoms with Gasteiger partial charge in [-0.2, -0.15) is 0 Å². The fraction of sp³-hybridized carbons (Fsp3) is 0. The molecule has 0 amide bonds. The van der Waals surface area contributed by atoms with Crippen molar-refractivity contribution in [3.8, 4) is 0 Å². The van der Waals surface area contributed by atoms with Gasteiger partial charge in [-0.1, -0.05) is 15.9 Å². The zero-order chi connectivity index (χ0) is 15.6. The second-order valence-corrected chi connectivity index (χ2v) is 7.34. The highest BCUT2D eigenvalue weighted by atomic mass is 79.9. The van der Waals surface area contributed by atoms with Crippen molar-refractivity contribution in [3.05, 3.63) is 51.2 Å². The summed E-state index contributed by atoms with van der Waals surface area (Å²) in [5, 5.41) is 8.85. The first kappa shape index (κ1) is 15.9.